The van der Waals surface area contributed by atoms with Crippen molar-refractivity contribution in [2.75, 3.05) is 23.1 Å². The minimum absolute atomic E-state index is 0.115. The fourth-order valence-corrected chi connectivity index (χ4v) is 3.71. The average Bonchev–Trinajstić information content (AvgIpc) is 2.59. The molecule has 1 aromatic carbocycles. The fraction of sp³-hybridized carbons (Fsp3) is 0.357. The van der Waals surface area contributed by atoms with Gasteiger partial charge in [-0.05, 0) is 36.9 Å². The Labute approximate surface area is 151 Å². The molecule has 0 atom stereocenters. The Balaban J connectivity index is 1.97. The van der Waals surface area contributed by atoms with Crippen molar-refractivity contribution in [1.29, 1.82) is 5.26 Å². The third-order valence-electron chi connectivity index (χ3n) is 3.74. The summed E-state index contributed by atoms with van der Waals surface area (Å²) < 4.78 is 21.7. The van der Waals surface area contributed by atoms with E-state index in [1.54, 1.807) is 12.1 Å². The van der Waals surface area contributed by atoms with E-state index in [9.17, 15) is 13.2 Å². The van der Waals surface area contributed by atoms with Crippen LogP contribution in [0.1, 0.15) is 10.4 Å². The second-order valence-corrected chi connectivity index (χ2v) is 8.59. The molecule has 11 heteroatoms. The molecular formula is C14H18BN5O3S2. The molecule has 1 heterocycles. The van der Waals surface area contributed by atoms with Gasteiger partial charge in [-0.1, -0.05) is 11.8 Å². The number of amidine groups is 1. The quantitative estimate of drug-likeness (QED) is 0.440. The second kappa shape index (κ2) is 8.38. The van der Waals surface area contributed by atoms with Crippen LogP contribution in [0.3, 0.4) is 0 Å². The van der Waals surface area contributed by atoms with E-state index in [4.69, 9.17) is 16.1 Å². The maximum atomic E-state index is 12.0. The molecule has 0 unspecified atom stereocenters. The molecule has 1 aliphatic heterocycles. The number of nitriles is 1. The zero-order valence-corrected chi connectivity index (χ0v) is 15.1. The van der Waals surface area contributed by atoms with E-state index in [2.05, 4.69) is 15.9 Å². The topological polar surface area (TPSA) is 143 Å². The van der Waals surface area contributed by atoms with Crippen LogP contribution in [0, 0.1) is 11.2 Å². The van der Waals surface area contributed by atoms with Crippen molar-refractivity contribution in [2.24, 2.45) is 15.9 Å². The highest BCUT2D eigenvalue weighted by Crippen LogP contribution is 2.21. The van der Waals surface area contributed by atoms with Gasteiger partial charge in [0.15, 0.2) is 5.17 Å². The summed E-state index contributed by atoms with van der Waals surface area (Å²) in [5.41, 5.74) is 6.87. The predicted molar refractivity (Wildman–Crippen MR) is 101 cm³/mol. The Hall–Kier alpha value is -2.03. The number of benzene rings is 1. The molecule has 0 aromatic heterocycles. The third-order valence-corrected chi connectivity index (χ3v) is 5.91. The van der Waals surface area contributed by atoms with Crippen LogP contribution in [0.5, 0.6) is 0 Å². The Bertz CT molecular complexity index is 797. The van der Waals surface area contributed by atoms with E-state index in [1.807, 2.05) is 12.1 Å². The van der Waals surface area contributed by atoms with Gasteiger partial charge in [-0.25, -0.2) is 18.8 Å². The molecule has 0 bridgehead atoms. The SMILES string of the molecule is N#CB1CCN(c2ccc(C(=O)N=C(N)SCS(N)(=O)=O)cc2)CC1. The summed E-state index contributed by atoms with van der Waals surface area (Å²) in [6, 6.07) is 6.94. The lowest BCUT2D eigenvalue weighted by Crippen LogP contribution is -2.36. The fourth-order valence-electron chi connectivity index (χ4n) is 2.42. The number of sulfonamides is 1. The minimum Gasteiger partial charge on any atom is -0.378 e. The Morgan fingerprint density at radius 2 is 1.92 bits per heavy atom. The number of anilines is 1. The highest BCUT2D eigenvalue weighted by atomic mass is 32.3. The maximum absolute atomic E-state index is 12.0. The number of carbonyl (C=O) groups excluding carboxylic acids is 1. The maximum Gasteiger partial charge on any atom is 0.279 e. The summed E-state index contributed by atoms with van der Waals surface area (Å²) in [7, 11) is -3.68. The van der Waals surface area contributed by atoms with Gasteiger partial charge >= 0.3 is 0 Å². The van der Waals surface area contributed by atoms with Gasteiger partial charge in [0.05, 0.1) is 0 Å². The van der Waals surface area contributed by atoms with Crippen molar-refractivity contribution in [3.63, 3.8) is 0 Å². The number of rotatable bonds is 4. The van der Waals surface area contributed by atoms with Crippen molar-refractivity contribution < 1.29 is 13.2 Å². The van der Waals surface area contributed by atoms with E-state index >= 15 is 0 Å². The van der Waals surface area contributed by atoms with E-state index in [1.165, 1.54) is 0 Å². The number of nitrogens with zero attached hydrogens (tertiary/aromatic N) is 3. The first-order valence-electron chi connectivity index (χ1n) is 7.55. The number of hydrogen-bond donors (Lipinski definition) is 2. The molecule has 0 spiro atoms. The minimum atomic E-state index is -3.68. The van der Waals surface area contributed by atoms with Gasteiger partial charge in [0.25, 0.3) is 12.6 Å². The number of amides is 1. The lowest BCUT2D eigenvalue weighted by molar-refractivity contribution is 0.100. The molecule has 132 valence electrons. The smallest absolute Gasteiger partial charge is 0.279 e. The molecule has 4 N–H and O–H groups in total. The average molecular weight is 379 g/mol. The lowest BCUT2D eigenvalue weighted by Gasteiger charge is -2.30. The van der Waals surface area contributed by atoms with Gasteiger partial charge in [-0.15, -0.1) is 0 Å². The Morgan fingerprint density at radius 1 is 1.32 bits per heavy atom. The highest BCUT2D eigenvalue weighted by Gasteiger charge is 2.22. The van der Waals surface area contributed by atoms with E-state index in [0.717, 1.165) is 31.4 Å². The Morgan fingerprint density at radius 3 is 2.44 bits per heavy atom. The molecule has 25 heavy (non-hydrogen) atoms. The van der Waals surface area contributed by atoms with Crippen LogP contribution in [-0.2, 0) is 10.0 Å². The van der Waals surface area contributed by atoms with Crippen LogP contribution in [0.4, 0.5) is 5.69 Å². The molecule has 1 aromatic rings. The van der Waals surface area contributed by atoms with Crippen molar-refractivity contribution >= 4 is 45.3 Å². The molecule has 0 aliphatic carbocycles. The van der Waals surface area contributed by atoms with Gasteiger partial charge in [-0.2, -0.15) is 4.99 Å². The standard InChI is InChI=1S/C14H18BN5O3S2/c16-9-15-5-7-20(8-6-15)12-3-1-11(2-4-12)13(21)19-14(17)24-10-25(18,22)23/h1-4H,5-8,10H2,(H2,17,19,21)(H2,18,22,23). The Kier molecular flexibility index (Phi) is 6.47. The van der Waals surface area contributed by atoms with Gasteiger partial charge < -0.3 is 10.6 Å². The number of thioether (sulfide) groups is 1. The van der Waals surface area contributed by atoms with Gasteiger partial charge in [0.2, 0.25) is 10.0 Å². The summed E-state index contributed by atoms with van der Waals surface area (Å²) in [6.07, 6.45) is 1.67. The third kappa shape index (κ3) is 6.08. The first-order valence-corrected chi connectivity index (χ1v) is 10.2. The summed E-state index contributed by atoms with van der Waals surface area (Å²) in [6.45, 7) is 1.73. The second-order valence-electron chi connectivity index (χ2n) is 5.62. The van der Waals surface area contributed by atoms with E-state index < -0.39 is 21.0 Å². The predicted octanol–water partition coefficient (Wildman–Crippen LogP) is 0.498. The van der Waals surface area contributed by atoms with Gasteiger partial charge in [0, 0.05) is 30.3 Å². The van der Waals surface area contributed by atoms with Crippen LogP contribution in [-0.4, -0.2) is 44.4 Å². The molecule has 1 aliphatic rings. The summed E-state index contributed by atoms with van der Waals surface area (Å²) in [5, 5.41) is 13.2. The van der Waals surface area contributed by atoms with Crippen LogP contribution in [0.2, 0.25) is 12.6 Å². The molecule has 0 radical (unpaired) electrons. The number of nitrogens with two attached hydrogens (primary N) is 2. The first-order chi connectivity index (χ1) is 11.8. The number of primary sulfonamides is 1. The summed E-state index contributed by atoms with van der Waals surface area (Å²) >= 11 is 0.694. The lowest BCUT2D eigenvalue weighted by atomic mass is 9.45. The highest BCUT2D eigenvalue weighted by molar-refractivity contribution is 8.21. The molecule has 8 nitrogen and oxygen atoms in total. The van der Waals surface area contributed by atoms with Gasteiger partial charge in [0.1, 0.15) is 5.08 Å². The molecule has 1 amide bonds. The zero-order valence-electron chi connectivity index (χ0n) is 13.5. The van der Waals surface area contributed by atoms with E-state index in [0.29, 0.717) is 17.3 Å². The summed E-state index contributed by atoms with van der Waals surface area (Å²) in [5.74, 6) is 1.75. The van der Waals surface area contributed by atoms with Crippen LogP contribution in [0.25, 0.3) is 0 Å². The van der Waals surface area contributed by atoms with Crippen LogP contribution < -0.4 is 15.8 Å². The number of carbonyl (C=O) groups is 1. The monoisotopic (exact) mass is 379 g/mol. The van der Waals surface area contributed by atoms with Crippen molar-refractivity contribution in [2.45, 2.75) is 12.6 Å². The largest absolute Gasteiger partial charge is 0.378 e. The van der Waals surface area contributed by atoms with Crippen molar-refractivity contribution in [1.82, 2.24) is 0 Å². The van der Waals surface area contributed by atoms with Crippen LogP contribution in [0.15, 0.2) is 29.3 Å². The number of aliphatic imine (C=N–C) groups is 1. The zero-order chi connectivity index (χ0) is 18.4. The molecule has 1 fully saturated rings. The number of hydrogen-bond acceptors (Lipinski definition) is 6. The molecule has 1 saturated heterocycles. The molecule has 2 rings (SSSR count). The molecular weight excluding hydrogens is 361 g/mol. The first kappa shape index (κ1) is 19.3. The van der Waals surface area contributed by atoms with Crippen LogP contribution >= 0.6 is 11.8 Å². The van der Waals surface area contributed by atoms with Crippen molar-refractivity contribution in [3.05, 3.63) is 29.8 Å². The van der Waals surface area contributed by atoms with Crippen molar-refractivity contribution in [3.8, 4) is 5.97 Å². The van der Waals surface area contributed by atoms with E-state index in [-0.39, 0.29) is 11.9 Å². The summed E-state index contributed by atoms with van der Waals surface area (Å²) in [4.78, 5) is 17.9. The molecule has 0 saturated carbocycles. The van der Waals surface area contributed by atoms with Gasteiger partial charge in [-0.3, -0.25) is 4.79 Å². The normalized spacial score (nSPS) is 15.8.